The van der Waals surface area contributed by atoms with Crippen LogP contribution < -0.4 is 4.74 Å². The second kappa shape index (κ2) is 4.95. The maximum atomic E-state index is 6.00. The average molecular weight is 232 g/mol. The normalized spacial score (nSPS) is 11.7. The Morgan fingerprint density at radius 2 is 1.82 bits per heavy atom. The fourth-order valence-corrected chi connectivity index (χ4v) is 1.69. The number of allylic oxidation sites excluding steroid dienone is 1. The highest BCUT2D eigenvalue weighted by Crippen LogP contribution is 2.31. The summed E-state index contributed by atoms with van der Waals surface area (Å²) in [5.41, 5.74) is 3.37. The summed E-state index contributed by atoms with van der Waals surface area (Å²) < 4.78 is 6.00. The summed E-state index contributed by atoms with van der Waals surface area (Å²) in [5.74, 6) is 1.43. The molecule has 1 aromatic carbocycles. The van der Waals surface area contributed by atoms with Crippen LogP contribution in [0.1, 0.15) is 58.6 Å². The molecule has 1 aromatic rings. The Labute approximate surface area is 106 Å². The molecule has 0 aromatic heterocycles. The van der Waals surface area contributed by atoms with E-state index in [-0.39, 0.29) is 5.60 Å². The van der Waals surface area contributed by atoms with E-state index in [9.17, 15) is 0 Å². The Morgan fingerprint density at radius 1 is 1.24 bits per heavy atom. The lowest BCUT2D eigenvalue weighted by atomic mass is 9.97. The minimum absolute atomic E-state index is 0.158. The lowest BCUT2D eigenvalue weighted by molar-refractivity contribution is 0.129. The second-order valence-corrected chi connectivity index (χ2v) is 5.90. The Kier molecular flexibility index (Phi) is 4.03. The van der Waals surface area contributed by atoms with E-state index in [0.29, 0.717) is 5.92 Å². The van der Waals surface area contributed by atoms with Gasteiger partial charge in [0.05, 0.1) is 0 Å². The van der Waals surface area contributed by atoms with Gasteiger partial charge in [0, 0.05) is 0 Å². The van der Waals surface area contributed by atoms with Crippen molar-refractivity contribution in [2.24, 2.45) is 0 Å². The van der Waals surface area contributed by atoms with E-state index in [1.807, 2.05) is 6.92 Å². The zero-order chi connectivity index (χ0) is 13.2. The molecule has 0 radical (unpaired) electrons. The summed E-state index contributed by atoms with van der Waals surface area (Å²) in [4.78, 5) is 0. The molecule has 1 nitrogen and oxygen atoms in total. The standard InChI is InChI=1S/C16H24O/c1-11(2)13-8-9-15(17-16(5,6)7)14(10-13)12(3)4/h8-10,12H,1H2,2-7H3. The lowest BCUT2D eigenvalue weighted by Gasteiger charge is -2.25. The minimum Gasteiger partial charge on any atom is -0.488 e. The van der Waals surface area contributed by atoms with Gasteiger partial charge in [-0.2, -0.15) is 0 Å². The molecule has 94 valence electrons. The lowest BCUT2D eigenvalue weighted by Crippen LogP contribution is -2.23. The Balaban J connectivity index is 3.18. The molecular formula is C16H24O. The Bertz CT molecular complexity index is 408. The molecule has 0 amide bonds. The first-order chi connectivity index (χ1) is 7.70. The molecule has 0 aliphatic heterocycles. The first kappa shape index (κ1) is 13.8. The molecule has 0 fully saturated rings. The summed E-state index contributed by atoms with van der Waals surface area (Å²) in [6.07, 6.45) is 0. The number of hydrogen-bond acceptors (Lipinski definition) is 1. The number of hydrogen-bond donors (Lipinski definition) is 0. The van der Waals surface area contributed by atoms with E-state index in [1.165, 1.54) is 11.1 Å². The molecule has 1 rings (SSSR count). The number of rotatable bonds is 3. The summed E-state index contributed by atoms with van der Waals surface area (Å²) >= 11 is 0. The molecule has 0 saturated carbocycles. The topological polar surface area (TPSA) is 9.23 Å². The predicted molar refractivity (Wildman–Crippen MR) is 75.6 cm³/mol. The first-order valence-electron chi connectivity index (χ1n) is 6.19. The van der Waals surface area contributed by atoms with Gasteiger partial charge >= 0.3 is 0 Å². The van der Waals surface area contributed by atoms with Crippen LogP contribution in [0.5, 0.6) is 5.75 Å². The van der Waals surface area contributed by atoms with Crippen LogP contribution in [0.4, 0.5) is 0 Å². The smallest absolute Gasteiger partial charge is 0.123 e. The van der Waals surface area contributed by atoms with Crippen molar-refractivity contribution < 1.29 is 4.74 Å². The molecule has 0 aliphatic rings. The van der Waals surface area contributed by atoms with E-state index in [4.69, 9.17) is 4.74 Å². The van der Waals surface area contributed by atoms with Crippen molar-refractivity contribution in [3.63, 3.8) is 0 Å². The molecule has 0 unspecified atom stereocenters. The van der Waals surface area contributed by atoms with Crippen LogP contribution in [0, 0.1) is 0 Å². The van der Waals surface area contributed by atoms with Gasteiger partial charge in [0.15, 0.2) is 0 Å². The molecule has 0 aliphatic carbocycles. The molecule has 1 heteroatoms. The van der Waals surface area contributed by atoms with Crippen LogP contribution >= 0.6 is 0 Å². The molecule has 0 atom stereocenters. The average Bonchev–Trinajstić information content (AvgIpc) is 2.14. The molecule has 17 heavy (non-hydrogen) atoms. The quantitative estimate of drug-likeness (QED) is 0.711. The highest BCUT2D eigenvalue weighted by atomic mass is 16.5. The molecule has 0 saturated heterocycles. The fourth-order valence-electron chi connectivity index (χ4n) is 1.69. The van der Waals surface area contributed by atoms with Gasteiger partial charge in [-0.25, -0.2) is 0 Å². The van der Waals surface area contributed by atoms with Crippen LogP contribution in [0.15, 0.2) is 24.8 Å². The first-order valence-corrected chi connectivity index (χ1v) is 6.19. The van der Waals surface area contributed by atoms with Gasteiger partial charge < -0.3 is 4.74 Å². The van der Waals surface area contributed by atoms with Gasteiger partial charge in [-0.05, 0) is 56.9 Å². The molecule has 0 N–H and O–H groups in total. The monoisotopic (exact) mass is 232 g/mol. The number of benzene rings is 1. The summed E-state index contributed by atoms with van der Waals surface area (Å²) in [6.45, 7) is 16.6. The van der Waals surface area contributed by atoms with Gasteiger partial charge in [-0.3, -0.25) is 0 Å². The highest BCUT2D eigenvalue weighted by molar-refractivity contribution is 5.63. The van der Waals surface area contributed by atoms with Crippen LogP contribution in [-0.2, 0) is 0 Å². The summed E-state index contributed by atoms with van der Waals surface area (Å²) in [7, 11) is 0. The third kappa shape index (κ3) is 3.92. The van der Waals surface area contributed by atoms with Crippen LogP contribution in [0.3, 0.4) is 0 Å². The largest absolute Gasteiger partial charge is 0.488 e. The minimum atomic E-state index is -0.158. The van der Waals surface area contributed by atoms with Crippen LogP contribution in [0.25, 0.3) is 5.57 Å². The molecule has 0 heterocycles. The van der Waals surface area contributed by atoms with Crippen LogP contribution in [-0.4, -0.2) is 5.60 Å². The zero-order valence-electron chi connectivity index (χ0n) is 11.9. The zero-order valence-corrected chi connectivity index (χ0v) is 11.9. The van der Waals surface area contributed by atoms with E-state index in [1.54, 1.807) is 0 Å². The SMILES string of the molecule is C=C(C)c1ccc(OC(C)(C)C)c(C(C)C)c1. The second-order valence-electron chi connectivity index (χ2n) is 5.90. The van der Waals surface area contributed by atoms with E-state index >= 15 is 0 Å². The van der Waals surface area contributed by atoms with Gasteiger partial charge in [-0.1, -0.05) is 32.1 Å². The predicted octanol–water partition coefficient (Wildman–Crippen LogP) is 5.02. The van der Waals surface area contributed by atoms with Gasteiger partial charge in [-0.15, -0.1) is 0 Å². The summed E-state index contributed by atoms with van der Waals surface area (Å²) in [6, 6.07) is 6.33. The third-order valence-corrected chi connectivity index (χ3v) is 2.54. The van der Waals surface area contributed by atoms with Gasteiger partial charge in [0.2, 0.25) is 0 Å². The van der Waals surface area contributed by atoms with Crippen LogP contribution in [0.2, 0.25) is 0 Å². The molecular weight excluding hydrogens is 208 g/mol. The van der Waals surface area contributed by atoms with E-state index in [2.05, 4.69) is 59.4 Å². The Hall–Kier alpha value is -1.24. The van der Waals surface area contributed by atoms with Crippen molar-refractivity contribution in [3.05, 3.63) is 35.9 Å². The van der Waals surface area contributed by atoms with Crippen molar-refractivity contribution in [2.75, 3.05) is 0 Å². The Morgan fingerprint density at radius 3 is 2.24 bits per heavy atom. The van der Waals surface area contributed by atoms with Gasteiger partial charge in [0.1, 0.15) is 11.4 Å². The van der Waals surface area contributed by atoms with Crippen molar-refractivity contribution >= 4 is 5.57 Å². The van der Waals surface area contributed by atoms with Crippen molar-refractivity contribution in [1.82, 2.24) is 0 Å². The van der Waals surface area contributed by atoms with Crippen molar-refractivity contribution in [2.45, 2.75) is 53.1 Å². The number of ether oxygens (including phenoxy) is 1. The van der Waals surface area contributed by atoms with Gasteiger partial charge in [0.25, 0.3) is 0 Å². The molecule has 0 spiro atoms. The highest BCUT2D eigenvalue weighted by Gasteiger charge is 2.16. The van der Waals surface area contributed by atoms with E-state index in [0.717, 1.165) is 11.3 Å². The molecule has 0 bridgehead atoms. The maximum absolute atomic E-state index is 6.00. The van der Waals surface area contributed by atoms with Crippen molar-refractivity contribution in [3.8, 4) is 5.75 Å². The van der Waals surface area contributed by atoms with Crippen molar-refractivity contribution in [1.29, 1.82) is 0 Å². The third-order valence-electron chi connectivity index (χ3n) is 2.54. The fraction of sp³-hybridized carbons (Fsp3) is 0.500. The summed E-state index contributed by atoms with van der Waals surface area (Å²) in [5, 5.41) is 0. The maximum Gasteiger partial charge on any atom is 0.123 e. The van der Waals surface area contributed by atoms with E-state index < -0.39 is 0 Å².